The Kier molecular flexibility index (Phi) is 8.85. The summed E-state index contributed by atoms with van der Waals surface area (Å²) in [5.41, 5.74) is 9.15. The summed E-state index contributed by atoms with van der Waals surface area (Å²) in [5, 5.41) is 4.92. The van der Waals surface area contributed by atoms with Crippen LogP contribution < -0.4 is 15.8 Å². The minimum Gasteiger partial charge on any atom is -0.488 e. The standard InChI is InChI=1S/C32H27Cl2N5O3/c1-20(42-28-8-2-5-22-6-3-15-36-31(22)28)17-24-25(33)11-13-27(30(24)34)39-16-4-7-23(39)19-38-29(40)14-10-21-9-12-26(32(35)41)37-18-21/h2-16,18,20H,17,19H2,1H3,(H2,35,41)(H,38,40). The van der Waals surface area contributed by atoms with E-state index in [0.717, 1.165) is 27.8 Å². The van der Waals surface area contributed by atoms with Crippen molar-refractivity contribution in [2.75, 3.05) is 0 Å². The zero-order valence-electron chi connectivity index (χ0n) is 22.6. The summed E-state index contributed by atoms with van der Waals surface area (Å²) >= 11 is 13.5. The average Bonchev–Trinajstić information content (AvgIpc) is 3.46. The molecule has 0 bridgehead atoms. The number of hydrogen-bond acceptors (Lipinski definition) is 5. The van der Waals surface area contributed by atoms with Gasteiger partial charge in [0.25, 0.3) is 5.91 Å². The number of pyridine rings is 2. The van der Waals surface area contributed by atoms with E-state index in [1.165, 1.54) is 18.3 Å². The van der Waals surface area contributed by atoms with Gasteiger partial charge in [0, 0.05) is 47.2 Å². The Morgan fingerprint density at radius 3 is 2.67 bits per heavy atom. The molecule has 0 saturated carbocycles. The van der Waals surface area contributed by atoms with Crippen molar-refractivity contribution in [1.29, 1.82) is 0 Å². The van der Waals surface area contributed by atoms with Crippen LogP contribution in [-0.2, 0) is 17.8 Å². The molecule has 0 aliphatic carbocycles. The molecule has 0 spiro atoms. The molecule has 2 amide bonds. The van der Waals surface area contributed by atoms with Gasteiger partial charge in [0.05, 0.1) is 17.3 Å². The predicted molar refractivity (Wildman–Crippen MR) is 165 cm³/mol. The second-order valence-electron chi connectivity index (χ2n) is 9.58. The first-order chi connectivity index (χ1) is 20.3. The second-order valence-corrected chi connectivity index (χ2v) is 10.4. The number of rotatable bonds is 10. The number of ether oxygens (including phenoxy) is 1. The van der Waals surface area contributed by atoms with Crippen molar-refractivity contribution in [2.24, 2.45) is 5.73 Å². The summed E-state index contributed by atoms with van der Waals surface area (Å²) in [5.74, 6) is -0.209. The molecule has 1 unspecified atom stereocenters. The van der Waals surface area contributed by atoms with Gasteiger partial charge in [0.1, 0.15) is 23.1 Å². The van der Waals surface area contributed by atoms with Crippen molar-refractivity contribution < 1.29 is 14.3 Å². The van der Waals surface area contributed by atoms with Gasteiger partial charge in [-0.3, -0.25) is 19.6 Å². The summed E-state index contributed by atoms with van der Waals surface area (Å²) in [4.78, 5) is 32.1. The van der Waals surface area contributed by atoms with E-state index in [2.05, 4.69) is 15.3 Å². The quantitative estimate of drug-likeness (QED) is 0.186. The molecule has 2 aromatic carbocycles. The van der Waals surface area contributed by atoms with Crippen LogP contribution in [0.5, 0.6) is 5.75 Å². The number of hydrogen-bond donors (Lipinski definition) is 2. The Morgan fingerprint density at radius 1 is 1.05 bits per heavy atom. The van der Waals surface area contributed by atoms with Crippen molar-refractivity contribution in [2.45, 2.75) is 26.0 Å². The molecule has 0 fully saturated rings. The van der Waals surface area contributed by atoms with Crippen molar-refractivity contribution in [3.63, 3.8) is 0 Å². The number of carbonyl (C=O) groups excluding carboxylic acids is 2. The number of primary amides is 1. The third kappa shape index (κ3) is 6.62. The van der Waals surface area contributed by atoms with E-state index in [0.29, 0.717) is 27.8 Å². The molecule has 0 aliphatic rings. The summed E-state index contributed by atoms with van der Waals surface area (Å²) in [6.45, 7) is 2.23. The fourth-order valence-corrected chi connectivity index (χ4v) is 5.15. The number of para-hydroxylation sites is 1. The molecule has 3 heterocycles. The lowest BCUT2D eigenvalue weighted by atomic mass is 10.1. The van der Waals surface area contributed by atoms with E-state index in [1.807, 2.05) is 72.3 Å². The van der Waals surface area contributed by atoms with Gasteiger partial charge in [-0.1, -0.05) is 47.5 Å². The second kappa shape index (κ2) is 12.9. The lowest BCUT2D eigenvalue weighted by Gasteiger charge is -2.19. The van der Waals surface area contributed by atoms with Crippen LogP contribution in [0.2, 0.25) is 10.0 Å². The third-order valence-electron chi connectivity index (χ3n) is 6.58. The number of halogens is 2. The molecule has 0 saturated heterocycles. The normalized spacial score (nSPS) is 12.0. The topological polar surface area (TPSA) is 112 Å². The van der Waals surface area contributed by atoms with E-state index in [-0.39, 0.29) is 24.2 Å². The Morgan fingerprint density at radius 2 is 1.88 bits per heavy atom. The summed E-state index contributed by atoms with van der Waals surface area (Å²) in [6, 6.07) is 20.3. The number of nitrogens with one attached hydrogen (secondary N) is 1. The number of aromatic nitrogens is 3. The van der Waals surface area contributed by atoms with E-state index in [4.69, 9.17) is 33.7 Å². The molecule has 42 heavy (non-hydrogen) atoms. The van der Waals surface area contributed by atoms with Crippen LogP contribution in [0.1, 0.15) is 34.2 Å². The fourth-order valence-electron chi connectivity index (χ4n) is 4.53. The maximum absolute atomic E-state index is 12.5. The van der Waals surface area contributed by atoms with Crippen molar-refractivity contribution in [3.05, 3.63) is 124 Å². The largest absolute Gasteiger partial charge is 0.488 e. The molecule has 1 atom stereocenters. The van der Waals surface area contributed by atoms with Gasteiger partial charge in [-0.2, -0.15) is 0 Å². The Hall–Kier alpha value is -4.66. The minimum atomic E-state index is -0.611. The highest BCUT2D eigenvalue weighted by Crippen LogP contribution is 2.33. The fraction of sp³-hybridized carbons (Fsp3) is 0.125. The Labute approximate surface area is 252 Å². The SMILES string of the molecule is CC(Cc1c(Cl)ccc(-n2cccc2CNC(=O)C=Cc2ccc(C(N)=O)nc2)c1Cl)Oc1cccc2cccnc12. The highest BCUT2D eigenvalue weighted by Gasteiger charge is 2.18. The van der Waals surface area contributed by atoms with E-state index in [9.17, 15) is 9.59 Å². The molecular weight excluding hydrogens is 573 g/mol. The molecule has 5 rings (SSSR count). The minimum absolute atomic E-state index is 0.158. The number of amides is 2. The Bertz CT molecular complexity index is 1780. The van der Waals surface area contributed by atoms with Gasteiger partial charge < -0.3 is 20.4 Å². The molecule has 3 aromatic heterocycles. The number of benzene rings is 2. The average molecular weight is 601 g/mol. The van der Waals surface area contributed by atoms with Crippen molar-refractivity contribution in [1.82, 2.24) is 19.9 Å². The Balaban J connectivity index is 1.27. The number of fused-ring (bicyclic) bond motifs is 1. The van der Waals surface area contributed by atoms with Gasteiger partial charge in [0.15, 0.2) is 0 Å². The van der Waals surface area contributed by atoms with Gasteiger partial charge >= 0.3 is 0 Å². The van der Waals surface area contributed by atoms with Crippen LogP contribution >= 0.6 is 23.2 Å². The molecule has 0 radical (unpaired) electrons. The summed E-state index contributed by atoms with van der Waals surface area (Å²) < 4.78 is 8.18. The maximum atomic E-state index is 12.5. The van der Waals surface area contributed by atoms with Crippen LogP contribution in [0.25, 0.3) is 22.7 Å². The van der Waals surface area contributed by atoms with Crippen molar-refractivity contribution in [3.8, 4) is 11.4 Å². The van der Waals surface area contributed by atoms with E-state index < -0.39 is 5.91 Å². The molecule has 5 aromatic rings. The van der Waals surface area contributed by atoms with Crippen LogP contribution in [0.4, 0.5) is 0 Å². The molecule has 3 N–H and O–H groups in total. The number of nitrogens with two attached hydrogens (primary N) is 1. The van der Waals surface area contributed by atoms with E-state index >= 15 is 0 Å². The zero-order valence-corrected chi connectivity index (χ0v) is 24.1. The van der Waals surface area contributed by atoms with Gasteiger partial charge in [-0.25, -0.2) is 0 Å². The molecule has 212 valence electrons. The lowest BCUT2D eigenvalue weighted by molar-refractivity contribution is -0.116. The molecule has 8 nitrogen and oxygen atoms in total. The third-order valence-corrected chi connectivity index (χ3v) is 7.36. The highest BCUT2D eigenvalue weighted by atomic mass is 35.5. The molecule has 0 aliphatic heterocycles. The summed E-state index contributed by atoms with van der Waals surface area (Å²) in [7, 11) is 0. The number of nitrogens with zero attached hydrogens (tertiary/aromatic N) is 3. The highest BCUT2D eigenvalue weighted by molar-refractivity contribution is 6.37. The monoisotopic (exact) mass is 599 g/mol. The first kappa shape index (κ1) is 28.9. The van der Waals surface area contributed by atoms with Crippen LogP contribution in [0, 0.1) is 0 Å². The van der Waals surface area contributed by atoms with Gasteiger partial charge in [-0.05, 0) is 66.6 Å². The van der Waals surface area contributed by atoms with Crippen LogP contribution in [0.3, 0.4) is 0 Å². The molecule has 10 heteroatoms. The number of carbonyl (C=O) groups is 2. The van der Waals surface area contributed by atoms with Gasteiger partial charge in [-0.15, -0.1) is 0 Å². The summed E-state index contributed by atoms with van der Waals surface area (Å²) in [6.07, 6.45) is 8.33. The smallest absolute Gasteiger partial charge is 0.267 e. The molecular formula is C32H27Cl2N5O3. The predicted octanol–water partition coefficient (Wildman–Crippen LogP) is 6.17. The lowest BCUT2D eigenvalue weighted by Crippen LogP contribution is -2.22. The van der Waals surface area contributed by atoms with E-state index in [1.54, 1.807) is 18.3 Å². The van der Waals surface area contributed by atoms with Crippen LogP contribution in [-0.4, -0.2) is 32.5 Å². The zero-order chi connectivity index (χ0) is 29.6. The first-order valence-corrected chi connectivity index (χ1v) is 13.9. The van der Waals surface area contributed by atoms with Gasteiger partial charge in [0.2, 0.25) is 5.91 Å². The van der Waals surface area contributed by atoms with Crippen molar-refractivity contribution >= 4 is 52.0 Å². The first-order valence-electron chi connectivity index (χ1n) is 13.2. The maximum Gasteiger partial charge on any atom is 0.267 e. The van der Waals surface area contributed by atoms with Crippen LogP contribution in [0.15, 0.2) is 91.4 Å².